The lowest BCUT2D eigenvalue weighted by atomic mass is 9.96. The third-order valence-electron chi connectivity index (χ3n) is 6.16. The molecule has 0 saturated carbocycles. The van der Waals surface area contributed by atoms with Crippen LogP contribution in [0.3, 0.4) is 0 Å². The van der Waals surface area contributed by atoms with Crippen LogP contribution < -0.4 is 10.6 Å². The molecule has 190 valence electrons. The van der Waals surface area contributed by atoms with Crippen LogP contribution in [0.2, 0.25) is 0 Å². The number of nitrogens with one attached hydrogen (secondary N) is 2. The van der Waals surface area contributed by atoms with Gasteiger partial charge in [0.25, 0.3) is 0 Å². The molecule has 2 N–H and O–H groups in total. The lowest BCUT2D eigenvalue weighted by Crippen LogP contribution is -1.98. The van der Waals surface area contributed by atoms with Crippen molar-refractivity contribution in [2.24, 2.45) is 0 Å². The summed E-state index contributed by atoms with van der Waals surface area (Å²) in [5.41, 5.74) is 7.26. The van der Waals surface area contributed by atoms with Gasteiger partial charge >= 0.3 is 0 Å². The summed E-state index contributed by atoms with van der Waals surface area (Å²) in [7, 11) is 0. The molecule has 6 aromatic carbocycles. The van der Waals surface area contributed by atoms with Crippen LogP contribution in [0.5, 0.6) is 0 Å². The molecule has 0 bridgehead atoms. The van der Waals surface area contributed by atoms with Crippen LogP contribution in [0.4, 0.5) is 27.1 Å². The standard InChI is InChI=1S/C24H18FN.C12H11N/c25-23-17-20(18-10-4-1-5-11-18)16-22(19-12-6-2-7-13-19)24(23)26-21-14-8-3-9-15-21;1-3-7-11(8-4-1)13-12-9-5-2-6-10-12/h1-17,26H;1-10,13H. The van der Waals surface area contributed by atoms with E-state index in [0.717, 1.165) is 39.3 Å². The van der Waals surface area contributed by atoms with Crippen molar-refractivity contribution in [3.05, 3.63) is 170 Å². The quantitative estimate of drug-likeness (QED) is 0.234. The van der Waals surface area contributed by atoms with Crippen molar-refractivity contribution in [2.75, 3.05) is 10.6 Å². The van der Waals surface area contributed by atoms with Gasteiger partial charge in [0.2, 0.25) is 0 Å². The molecule has 0 saturated heterocycles. The fourth-order valence-corrected chi connectivity index (χ4v) is 4.25. The molecule has 0 aliphatic carbocycles. The van der Waals surface area contributed by atoms with E-state index in [4.69, 9.17) is 0 Å². The minimum Gasteiger partial charge on any atom is -0.356 e. The van der Waals surface area contributed by atoms with E-state index in [2.05, 4.69) is 10.6 Å². The smallest absolute Gasteiger partial charge is 0.147 e. The molecule has 0 radical (unpaired) electrons. The van der Waals surface area contributed by atoms with Gasteiger partial charge in [-0.05, 0) is 65.2 Å². The lowest BCUT2D eigenvalue weighted by Gasteiger charge is -2.16. The number of halogens is 1. The van der Waals surface area contributed by atoms with Crippen molar-refractivity contribution in [1.82, 2.24) is 0 Å². The van der Waals surface area contributed by atoms with E-state index in [1.165, 1.54) is 0 Å². The van der Waals surface area contributed by atoms with Gasteiger partial charge in [0.15, 0.2) is 0 Å². The molecule has 0 aliphatic heterocycles. The average Bonchev–Trinajstić information content (AvgIpc) is 3.01. The maximum atomic E-state index is 15.1. The first kappa shape index (κ1) is 25.5. The van der Waals surface area contributed by atoms with E-state index in [-0.39, 0.29) is 5.82 Å². The Kier molecular flexibility index (Phi) is 8.43. The summed E-state index contributed by atoms with van der Waals surface area (Å²) in [6, 6.07) is 53.4. The zero-order chi connectivity index (χ0) is 26.7. The van der Waals surface area contributed by atoms with Gasteiger partial charge in [-0.15, -0.1) is 0 Å². The molecule has 0 atom stereocenters. The first-order valence-corrected chi connectivity index (χ1v) is 12.9. The van der Waals surface area contributed by atoms with Gasteiger partial charge in [-0.2, -0.15) is 0 Å². The highest BCUT2D eigenvalue weighted by atomic mass is 19.1. The summed E-state index contributed by atoms with van der Waals surface area (Å²) < 4.78 is 15.1. The van der Waals surface area contributed by atoms with Crippen molar-refractivity contribution in [2.45, 2.75) is 0 Å². The Morgan fingerprint density at radius 1 is 0.359 bits per heavy atom. The summed E-state index contributed by atoms with van der Waals surface area (Å²) >= 11 is 0. The number of anilines is 4. The van der Waals surface area contributed by atoms with Crippen molar-refractivity contribution in [1.29, 1.82) is 0 Å². The Bertz CT molecular complexity index is 1530. The molecule has 0 amide bonds. The highest BCUT2D eigenvalue weighted by Crippen LogP contribution is 2.36. The maximum absolute atomic E-state index is 15.1. The molecule has 0 heterocycles. The van der Waals surface area contributed by atoms with E-state index in [9.17, 15) is 0 Å². The lowest BCUT2D eigenvalue weighted by molar-refractivity contribution is 0.633. The Labute approximate surface area is 229 Å². The monoisotopic (exact) mass is 508 g/mol. The van der Waals surface area contributed by atoms with Gasteiger partial charge in [-0.1, -0.05) is 115 Å². The van der Waals surface area contributed by atoms with Gasteiger partial charge in [0, 0.05) is 22.6 Å². The Morgan fingerprint density at radius 3 is 1.21 bits per heavy atom. The third-order valence-corrected chi connectivity index (χ3v) is 6.16. The summed E-state index contributed by atoms with van der Waals surface area (Å²) in [4.78, 5) is 0. The fraction of sp³-hybridized carbons (Fsp3) is 0. The molecule has 0 aromatic heterocycles. The molecule has 0 spiro atoms. The van der Waals surface area contributed by atoms with Crippen molar-refractivity contribution >= 4 is 22.7 Å². The van der Waals surface area contributed by atoms with Crippen LogP contribution in [0.25, 0.3) is 22.3 Å². The highest BCUT2D eigenvalue weighted by molar-refractivity contribution is 5.85. The summed E-state index contributed by atoms with van der Waals surface area (Å²) in [5.74, 6) is -0.269. The third kappa shape index (κ3) is 7.00. The molecule has 3 heteroatoms. The zero-order valence-electron chi connectivity index (χ0n) is 21.5. The molecular weight excluding hydrogens is 479 g/mol. The second kappa shape index (κ2) is 12.9. The second-order valence-electron chi connectivity index (χ2n) is 8.96. The molecule has 0 aliphatic rings. The van der Waals surface area contributed by atoms with Crippen molar-refractivity contribution in [3.8, 4) is 22.3 Å². The van der Waals surface area contributed by atoms with Gasteiger partial charge < -0.3 is 10.6 Å². The molecule has 6 rings (SSSR count). The Hall–Kier alpha value is -5.15. The molecule has 39 heavy (non-hydrogen) atoms. The van der Waals surface area contributed by atoms with Gasteiger partial charge in [0.05, 0.1) is 5.69 Å². The van der Waals surface area contributed by atoms with Gasteiger partial charge in [0.1, 0.15) is 5.82 Å². The van der Waals surface area contributed by atoms with E-state index in [0.29, 0.717) is 5.69 Å². The summed E-state index contributed by atoms with van der Waals surface area (Å²) in [6.45, 7) is 0. The fourth-order valence-electron chi connectivity index (χ4n) is 4.25. The average molecular weight is 509 g/mol. The van der Waals surface area contributed by atoms with Crippen LogP contribution in [-0.4, -0.2) is 0 Å². The van der Waals surface area contributed by atoms with E-state index >= 15 is 4.39 Å². The topological polar surface area (TPSA) is 24.1 Å². The van der Waals surface area contributed by atoms with Crippen molar-refractivity contribution in [3.63, 3.8) is 0 Å². The Balaban J connectivity index is 0.000000198. The minimum atomic E-state index is -0.269. The highest BCUT2D eigenvalue weighted by Gasteiger charge is 2.14. The van der Waals surface area contributed by atoms with E-state index < -0.39 is 0 Å². The van der Waals surface area contributed by atoms with Crippen molar-refractivity contribution < 1.29 is 4.39 Å². The minimum absolute atomic E-state index is 0.269. The van der Waals surface area contributed by atoms with Gasteiger partial charge in [-0.3, -0.25) is 0 Å². The molecule has 0 unspecified atom stereocenters. The molecule has 2 nitrogen and oxygen atoms in total. The molecule has 0 fully saturated rings. The van der Waals surface area contributed by atoms with Crippen LogP contribution in [-0.2, 0) is 0 Å². The number of hydrogen-bond acceptors (Lipinski definition) is 2. The molecule has 6 aromatic rings. The Morgan fingerprint density at radius 2 is 0.744 bits per heavy atom. The first-order chi connectivity index (χ1) is 19.3. The van der Waals surface area contributed by atoms with E-state index in [1.54, 1.807) is 6.07 Å². The summed E-state index contributed by atoms with van der Waals surface area (Å²) in [5, 5.41) is 6.55. The number of rotatable bonds is 6. The summed E-state index contributed by atoms with van der Waals surface area (Å²) in [6.07, 6.45) is 0. The van der Waals surface area contributed by atoms with E-state index in [1.807, 2.05) is 158 Å². The SMILES string of the molecule is Fc1cc(-c2ccccc2)cc(-c2ccccc2)c1Nc1ccccc1.c1ccc(Nc2ccccc2)cc1. The largest absolute Gasteiger partial charge is 0.356 e. The van der Waals surface area contributed by atoms with Crippen LogP contribution in [0.15, 0.2) is 164 Å². The van der Waals surface area contributed by atoms with Crippen LogP contribution in [0.1, 0.15) is 0 Å². The predicted octanol–water partition coefficient (Wildman–Crippen LogP) is 10.3. The van der Waals surface area contributed by atoms with Crippen LogP contribution in [0, 0.1) is 5.82 Å². The molecular formula is C36H29FN2. The number of para-hydroxylation sites is 3. The normalized spacial score (nSPS) is 10.2. The second-order valence-corrected chi connectivity index (χ2v) is 8.96. The number of benzene rings is 6. The van der Waals surface area contributed by atoms with Gasteiger partial charge in [-0.25, -0.2) is 4.39 Å². The predicted molar refractivity (Wildman–Crippen MR) is 163 cm³/mol. The number of hydrogen-bond donors (Lipinski definition) is 2. The van der Waals surface area contributed by atoms with Crippen LogP contribution >= 0.6 is 0 Å². The zero-order valence-corrected chi connectivity index (χ0v) is 21.5. The maximum Gasteiger partial charge on any atom is 0.147 e. The first-order valence-electron chi connectivity index (χ1n) is 12.9.